The van der Waals surface area contributed by atoms with Gasteiger partial charge in [-0.15, -0.1) is 10.2 Å². The molecule has 1 atom stereocenters. The number of carbonyl (C=O) groups excluding carboxylic acids is 1. The third kappa shape index (κ3) is 5.62. The first-order valence-corrected chi connectivity index (χ1v) is 9.88. The van der Waals surface area contributed by atoms with Crippen LogP contribution in [0.25, 0.3) is 0 Å². The molecule has 0 saturated carbocycles. The number of aromatic nitrogens is 2. The van der Waals surface area contributed by atoms with E-state index in [0.29, 0.717) is 18.2 Å². The molecule has 0 bridgehead atoms. The summed E-state index contributed by atoms with van der Waals surface area (Å²) in [6.45, 7) is 4.85. The van der Waals surface area contributed by atoms with Gasteiger partial charge in [-0.1, -0.05) is 79.0 Å². The molecule has 1 aromatic heterocycles. The Morgan fingerprint density at radius 2 is 1.91 bits per heavy atom. The molecule has 1 heterocycles. The molecule has 0 radical (unpaired) electrons. The average Bonchev–Trinajstić information content (AvgIpc) is 2.99. The van der Waals surface area contributed by atoms with Gasteiger partial charge in [0, 0.05) is 6.54 Å². The molecule has 2 rings (SSSR count). The molecule has 22 heavy (non-hydrogen) atoms. The van der Waals surface area contributed by atoms with Crippen LogP contribution in [0.1, 0.15) is 25.3 Å². The molecular formula is C15H19N3OS3. The predicted octanol–water partition coefficient (Wildman–Crippen LogP) is 3.66. The SMILES string of the molecule is CCSc1nnc(SCC(=O)NC[C@H](C)c2ccccc2)s1. The van der Waals surface area contributed by atoms with Crippen molar-refractivity contribution in [2.24, 2.45) is 0 Å². The summed E-state index contributed by atoms with van der Waals surface area (Å²) in [7, 11) is 0. The molecule has 4 nitrogen and oxygen atoms in total. The van der Waals surface area contributed by atoms with Gasteiger partial charge in [-0.05, 0) is 17.2 Å². The Hall–Kier alpha value is -1.05. The van der Waals surface area contributed by atoms with Crippen LogP contribution in [-0.4, -0.2) is 34.2 Å². The van der Waals surface area contributed by atoms with Crippen molar-refractivity contribution in [1.29, 1.82) is 0 Å². The second-order valence-corrected chi connectivity index (χ2v) is 8.38. The fourth-order valence-corrected chi connectivity index (χ4v) is 4.53. The minimum absolute atomic E-state index is 0.0349. The van der Waals surface area contributed by atoms with E-state index in [2.05, 4.69) is 41.5 Å². The molecule has 7 heteroatoms. The largest absolute Gasteiger partial charge is 0.355 e. The minimum atomic E-state index is 0.0349. The molecule has 0 spiro atoms. The molecule has 118 valence electrons. The van der Waals surface area contributed by atoms with Crippen LogP contribution in [0, 0.1) is 0 Å². The lowest BCUT2D eigenvalue weighted by Crippen LogP contribution is -2.28. The van der Waals surface area contributed by atoms with Crippen LogP contribution < -0.4 is 5.32 Å². The lowest BCUT2D eigenvalue weighted by molar-refractivity contribution is -0.118. The molecule has 0 saturated heterocycles. The van der Waals surface area contributed by atoms with Crippen LogP contribution in [0.2, 0.25) is 0 Å². The summed E-state index contributed by atoms with van der Waals surface area (Å²) < 4.78 is 1.81. The number of nitrogens with zero attached hydrogens (tertiary/aromatic N) is 2. The van der Waals surface area contributed by atoms with Crippen molar-refractivity contribution in [2.75, 3.05) is 18.1 Å². The highest BCUT2D eigenvalue weighted by molar-refractivity contribution is 8.03. The van der Waals surface area contributed by atoms with Crippen molar-refractivity contribution in [2.45, 2.75) is 28.4 Å². The topological polar surface area (TPSA) is 54.9 Å². The lowest BCUT2D eigenvalue weighted by atomic mass is 10.0. The van der Waals surface area contributed by atoms with E-state index in [-0.39, 0.29) is 5.91 Å². The van der Waals surface area contributed by atoms with E-state index in [1.54, 1.807) is 23.1 Å². The third-order valence-electron chi connectivity index (χ3n) is 2.96. The number of rotatable bonds is 8. The molecule has 2 aromatic rings. The van der Waals surface area contributed by atoms with Crippen molar-refractivity contribution >= 4 is 40.8 Å². The van der Waals surface area contributed by atoms with E-state index in [4.69, 9.17) is 0 Å². The number of benzene rings is 1. The highest BCUT2D eigenvalue weighted by Crippen LogP contribution is 2.28. The number of hydrogen-bond acceptors (Lipinski definition) is 6. The molecule has 0 unspecified atom stereocenters. The molecular weight excluding hydrogens is 334 g/mol. The van der Waals surface area contributed by atoms with Gasteiger partial charge in [0.05, 0.1) is 5.75 Å². The Balaban J connectivity index is 1.71. The van der Waals surface area contributed by atoms with Gasteiger partial charge in [-0.3, -0.25) is 4.79 Å². The van der Waals surface area contributed by atoms with Gasteiger partial charge < -0.3 is 5.32 Å². The number of hydrogen-bond donors (Lipinski definition) is 1. The maximum absolute atomic E-state index is 11.9. The zero-order valence-electron chi connectivity index (χ0n) is 12.6. The highest BCUT2D eigenvalue weighted by Gasteiger charge is 2.10. The molecule has 0 fully saturated rings. The quantitative estimate of drug-likeness (QED) is 0.734. The van der Waals surface area contributed by atoms with E-state index >= 15 is 0 Å². The van der Waals surface area contributed by atoms with Crippen LogP contribution >= 0.6 is 34.9 Å². The monoisotopic (exact) mass is 353 g/mol. The standard InChI is InChI=1S/C15H19N3OS3/c1-3-20-14-17-18-15(22-14)21-10-13(19)16-9-11(2)12-7-5-4-6-8-12/h4-8,11H,3,9-10H2,1-2H3,(H,16,19)/t11-/m0/s1. The first kappa shape index (κ1) is 17.3. The first-order chi connectivity index (χ1) is 10.7. The maximum Gasteiger partial charge on any atom is 0.230 e. The van der Waals surface area contributed by atoms with E-state index < -0.39 is 0 Å². The summed E-state index contributed by atoms with van der Waals surface area (Å²) in [5.74, 6) is 1.71. The number of thioether (sulfide) groups is 2. The molecule has 1 aromatic carbocycles. The Labute approximate surface area is 143 Å². The average molecular weight is 354 g/mol. The molecule has 0 aliphatic carbocycles. The predicted molar refractivity (Wildman–Crippen MR) is 94.9 cm³/mol. The van der Waals surface area contributed by atoms with Gasteiger partial charge in [-0.25, -0.2) is 0 Å². The van der Waals surface area contributed by atoms with Gasteiger partial charge in [0.1, 0.15) is 0 Å². The van der Waals surface area contributed by atoms with E-state index in [1.807, 2.05) is 18.2 Å². The zero-order valence-corrected chi connectivity index (χ0v) is 15.1. The van der Waals surface area contributed by atoms with Crippen LogP contribution in [0.3, 0.4) is 0 Å². The number of nitrogens with one attached hydrogen (secondary N) is 1. The van der Waals surface area contributed by atoms with E-state index in [9.17, 15) is 4.79 Å². The Bertz CT molecular complexity index is 589. The van der Waals surface area contributed by atoms with Crippen LogP contribution in [0.4, 0.5) is 0 Å². The van der Waals surface area contributed by atoms with Crippen molar-refractivity contribution in [1.82, 2.24) is 15.5 Å². The van der Waals surface area contributed by atoms with Gasteiger partial charge in [0.2, 0.25) is 5.91 Å². The normalized spacial score (nSPS) is 12.1. The van der Waals surface area contributed by atoms with Crippen molar-refractivity contribution in [3.05, 3.63) is 35.9 Å². The molecule has 0 aliphatic rings. The van der Waals surface area contributed by atoms with Crippen LogP contribution in [-0.2, 0) is 4.79 Å². The fourth-order valence-electron chi connectivity index (χ4n) is 1.78. The summed E-state index contributed by atoms with van der Waals surface area (Å²) in [4.78, 5) is 11.9. The Morgan fingerprint density at radius 1 is 1.23 bits per heavy atom. The van der Waals surface area contributed by atoms with Crippen molar-refractivity contribution in [3.8, 4) is 0 Å². The smallest absolute Gasteiger partial charge is 0.230 e. The minimum Gasteiger partial charge on any atom is -0.355 e. The second kappa shape index (κ2) is 9.17. The number of amides is 1. The third-order valence-corrected chi connectivity index (χ3v) is 6.03. The van der Waals surface area contributed by atoms with Crippen LogP contribution in [0.5, 0.6) is 0 Å². The fraction of sp³-hybridized carbons (Fsp3) is 0.400. The van der Waals surface area contributed by atoms with Gasteiger partial charge in [-0.2, -0.15) is 0 Å². The van der Waals surface area contributed by atoms with E-state index in [0.717, 1.165) is 14.4 Å². The lowest BCUT2D eigenvalue weighted by Gasteiger charge is -2.12. The molecule has 0 aliphatic heterocycles. The van der Waals surface area contributed by atoms with Gasteiger partial charge >= 0.3 is 0 Å². The second-order valence-electron chi connectivity index (χ2n) is 4.67. The highest BCUT2D eigenvalue weighted by atomic mass is 32.2. The van der Waals surface area contributed by atoms with Crippen molar-refractivity contribution < 1.29 is 4.79 Å². The molecule has 1 amide bonds. The van der Waals surface area contributed by atoms with E-state index in [1.165, 1.54) is 17.3 Å². The summed E-state index contributed by atoms with van der Waals surface area (Å²) in [5, 5.41) is 11.1. The van der Waals surface area contributed by atoms with Gasteiger partial charge in [0.15, 0.2) is 8.68 Å². The maximum atomic E-state index is 11.9. The first-order valence-electron chi connectivity index (χ1n) is 7.09. The summed E-state index contributed by atoms with van der Waals surface area (Å²) in [6, 6.07) is 10.2. The summed E-state index contributed by atoms with van der Waals surface area (Å²) in [6.07, 6.45) is 0. The van der Waals surface area contributed by atoms with Crippen molar-refractivity contribution in [3.63, 3.8) is 0 Å². The van der Waals surface area contributed by atoms with Gasteiger partial charge in [0.25, 0.3) is 0 Å². The summed E-state index contributed by atoms with van der Waals surface area (Å²) >= 11 is 4.66. The summed E-state index contributed by atoms with van der Waals surface area (Å²) in [5.41, 5.74) is 1.24. The Kier molecular flexibility index (Phi) is 7.21. The molecule has 1 N–H and O–H groups in total. The zero-order chi connectivity index (χ0) is 15.8. The number of carbonyl (C=O) groups is 1. The Morgan fingerprint density at radius 3 is 2.59 bits per heavy atom. The van der Waals surface area contributed by atoms with Crippen LogP contribution in [0.15, 0.2) is 39.0 Å².